The number of carbonyl (C=O) groups is 1. The molecule has 174 valence electrons. The molecule has 0 saturated heterocycles. The van der Waals surface area contributed by atoms with E-state index in [2.05, 4.69) is 9.97 Å². The molecule has 36 heavy (non-hydrogen) atoms. The van der Waals surface area contributed by atoms with E-state index in [1.807, 2.05) is 55.4 Å². The van der Waals surface area contributed by atoms with Crippen molar-refractivity contribution in [1.29, 1.82) is 0 Å². The van der Waals surface area contributed by atoms with Crippen LogP contribution in [0.4, 0.5) is 5.69 Å². The van der Waals surface area contributed by atoms with Crippen molar-refractivity contribution in [3.63, 3.8) is 0 Å². The molecule has 2 aromatic heterocycles. The molecule has 5 rings (SSSR count). The molecule has 0 aliphatic carbocycles. The Hall–Kier alpha value is -3.85. The van der Waals surface area contributed by atoms with E-state index in [0.717, 1.165) is 22.2 Å². The zero-order valence-electron chi connectivity index (χ0n) is 19.9. The molecule has 0 aliphatic rings. The average molecular weight is 489 g/mol. The molecule has 0 spiro atoms. The van der Waals surface area contributed by atoms with E-state index in [-0.39, 0.29) is 40.9 Å². The molecule has 0 unspecified atom stereocenters. The molecule has 0 atom stereocenters. The first-order valence-electron chi connectivity index (χ1n) is 10.8. The van der Waals surface area contributed by atoms with E-state index in [9.17, 15) is 19.8 Å². The van der Waals surface area contributed by atoms with Crippen molar-refractivity contribution in [3.05, 3.63) is 87.8 Å². The van der Waals surface area contributed by atoms with Gasteiger partial charge in [-0.1, -0.05) is 24.3 Å². The van der Waals surface area contributed by atoms with Crippen molar-refractivity contribution < 1.29 is 49.0 Å². The number of carboxylic acids is 1. The third kappa shape index (κ3) is 4.92. The second kappa shape index (κ2) is 10.0. The first kappa shape index (κ1) is 25.2. The van der Waals surface area contributed by atoms with Gasteiger partial charge in [-0.3, -0.25) is 0 Å². The van der Waals surface area contributed by atoms with Gasteiger partial charge >= 0.3 is 35.2 Å². The number of rotatable bonds is 5. The van der Waals surface area contributed by atoms with Gasteiger partial charge in [0.2, 0.25) is 0 Å². The summed E-state index contributed by atoms with van der Waals surface area (Å²) in [4.78, 5) is 33.5. The van der Waals surface area contributed by atoms with Gasteiger partial charge in [0, 0.05) is 36.8 Å². The van der Waals surface area contributed by atoms with Crippen LogP contribution in [0.1, 0.15) is 21.5 Å². The number of carbonyl (C=O) groups excluding carboxylic acids is 1. The molecular weight excluding hydrogens is 469 g/mol. The number of hydrogen-bond acceptors (Lipinski definition) is 7. The number of nitrogens with one attached hydrogen (secondary N) is 1. The quantitative estimate of drug-likeness (QED) is 0.211. The normalized spacial score (nSPS) is 11.2. The van der Waals surface area contributed by atoms with Gasteiger partial charge in [-0.05, 0) is 53.6 Å². The van der Waals surface area contributed by atoms with Gasteiger partial charge in [-0.2, -0.15) is 0 Å². The van der Waals surface area contributed by atoms with Crippen molar-refractivity contribution >= 4 is 45.8 Å². The number of aromatic amines is 1. The molecule has 0 saturated carbocycles. The average Bonchev–Trinajstić information content (AvgIpc) is 3.25. The Morgan fingerprint density at radius 3 is 2.47 bits per heavy atom. The van der Waals surface area contributed by atoms with Crippen molar-refractivity contribution in [3.8, 4) is 17.1 Å². The van der Waals surface area contributed by atoms with Crippen LogP contribution in [-0.2, 0) is 0 Å². The fourth-order valence-electron chi connectivity index (χ4n) is 3.81. The van der Waals surface area contributed by atoms with Gasteiger partial charge < -0.3 is 29.3 Å². The van der Waals surface area contributed by atoms with Gasteiger partial charge in [0.05, 0.1) is 17.0 Å². The molecule has 0 aliphatic heterocycles. The number of aromatic nitrogens is 2. The molecular formula is C27H20N3NaO5. The summed E-state index contributed by atoms with van der Waals surface area (Å²) in [6.07, 6.45) is 3.53. The molecule has 9 heteroatoms. The maximum Gasteiger partial charge on any atom is 1.00 e. The first-order chi connectivity index (χ1) is 16.8. The predicted octanol–water partition coefficient (Wildman–Crippen LogP) is 0.646. The van der Waals surface area contributed by atoms with Crippen LogP contribution < -0.4 is 45.2 Å². The molecule has 8 nitrogen and oxygen atoms in total. The minimum atomic E-state index is -1.44. The SMILES string of the molecule is CN(C)c1ccc2cc(-c3nc4ccc(/C=C/c5ccc(O)c(C(=O)[O-])c5)cc4[nH]3)c(=O)oc2c1.[Na+]. The van der Waals surface area contributed by atoms with Crippen LogP contribution in [-0.4, -0.2) is 35.1 Å². The number of benzene rings is 3. The van der Waals surface area contributed by atoms with Gasteiger partial charge in [0.15, 0.2) is 0 Å². The Morgan fingerprint density at radius 2 is 1.75 bits per heavy atom. The number of anilines is 1. The molecule has 0 bridgehead atoms. The van der Waals surface area contributed by atoms with Crippen molar-refractivity contribution in [2.45, 2.75) is 0 Å². The summed E-state index contributed by atoms with van der Waals surface area (Å²) in [7, 11) is 3.84. The molecule has 2 heterocycles. The fraction of sp³-hybridized carbons (Fsp3) is 0.0741. The molecule has 2 N–H and O–H groups in total. The molecule has 0 radical (unpaired) electrons. The summed E-state index contributed by atoms with van der Waals surface area (Å²) >= 11 is 0. The van der Waals surface area contributed by atoms with Crippen LogP contribution in [0, 0.1) is 0 Å². The Bertz CT molecular complexity index is 1700. The minimum absolute atomic E-state index is 0. The molecule has 0 fully saturated rings. The van der Waals surface area contributed by atoms with Crippen LogP contribution >= 0.6 is 0 Å². The number of hydrogen-bond donors (Lipinski definition) is 2. The molecule has 0 amide bonds. The van der Waals surface area contributed by atoms with Gasteiger partial charge in [0.25, 0.3) is 0 Å². The number of phenols is 1. The summed E-state index contributed by atoms with van der Waals surface area (Å²) < 4.78 is 5.56. The van der Waals surface area contributed by atoms with Crippen LogP contribution in [0.15, 0.2) is 69.9 Å². The molecule has 3 aromatic carbocycles. The van der Waals surface area contributed by atoms with Crippen LogP contribution in [0.5, 0.6) is 5.75 Å². The molecule has 5 aromatic rings. The predicted molar refractivity (Wildman–Crippen MR) is 133 cm³/mol. The van der Waals surface area contributed by atoms with E-state index >= 15 is 0 Å². The number of H-pyrrole nitrogens is 1. The largest absolute Gasteiger partial charge is 1.00 e. The third-order valence-corrected chi connectivity index (χ3v) is 5.71. The summed E-state index contributed by atoms with van der Waals surface area (Å²) in [6.45, 7) is 0. The smallest absolute Gasteiger partial charge is 0.545 e. The Balaban J connectivity index is 0.00000304. The topological polar surface area (TPSA) is 122 Å². The Labute approximate surface area is 227 Å². The number of fused-ring (bicyclic) bond motifs is 2. The van der Waals surface area contributed by atoms with Crippen molar-refractivity contribution in [1.82, 2.24) is 9.97 Å². The maximum atomic E-state index is 12.7. The fourth-order valence-corrected chi connectivity index (χ4v) is 3.81. The number of nitrogens with zero attached hydrogens (tertiary/aromatic N) is 2. The van der Waals surface area contributed by atoms with Crippen molar-refractivity contribution in [2.24, 2.45) is 0 Å². The monoisotopic (exact) mass is 489 g/mol. The Kier molecular flexibility index (Phi) is 7.03. The van der Waals surface area contributed by atoms with Gasteiger partial charge in [-0.25, -0.2) is 9.78 Å². The van der Waals surface area contributed by atoms with Crippen LogP contribution in [0.2, 0.25) is 0 Å². The number of aromatic hydroxyl groups is 1. The third-order valence-electron chi connectivity index (χ3n) is 5.71. The van der Waals surface area contributed by atoms with E-state index in [4.69, 9.17) is 4.42 Å². The minimum Gasteiger partial charge on any atom is -0.545 e. The number of imidazole rings is 1. The zero-order valence-corrected chi connectivity index (χ0v) is 21.9. The second-order valence-corrected chi connectivity index (χ2v) is 8.32. The first-order valence-corrected chi connectivity index (χ1v) is 10.8. The van der Waals surface area contributed by atoms with Gasteiger partial charge in [-0.15, -0.1) is 0 Å². The summed E-state index contributed by atoms with van der Waals surface area (Å²) in [6, 6.07) is 17.2. The van der Waals surface area contributed by atoms with Crippen molar-refractivity contribution in [2.75, 3.05) is 19.0 Å². The summed E-state index contributed by atoms with van der Waals surface area (Å²) in [5, 5.41) is 21.5. The van der Waals surface area contributed by atoms with Gasteiger partial charge in [0.1, 0.15) is 22.7 Å². The maximum absolute atomic E-state index is 12.7. The summed E-state index contributed by atoms with van der Waals surface area (Å²) in [5.41, 5.74) is 3.86. The van der Waals surface area contributed by atoms with E-state index in [0.29, 0.717) is 28.1 Å². The second-order valence-electron chi connectivity index (χ2n) is 8.32. The van der Waals surface area contributed by atoms with E-state index in [1.165, 1.54) is 12.1 Å². The number of carboxylic acid groups (broad SMARTS) is 1. The number of aromatic carboxylic acids is 1. The standard InChI is InChI=1S/C27H21N3O5.Na/c1-30(2)18-8-7-17-13-20(27(34)35-24(17)14-18)25-28-21-9-5-16(12-22(21)29-25)4-3-15-6-10-23(31)19(11-15)26(32)33;/h3-14,31H,1-2H3,(H,28,29)(H,32,33);/q;+1/p-1/b4-3+;. The summed E-state index contributed by atoms with van der Waals surface area (Å²) in [5.74, 6) is -1.38. The zero-order chi connectivity index (χ0) is 24.7. The van der Waals surface area contributed by atoms with E-state index < -0.39 is 11.6 Å². The van der Waals surface area contributed by atoms with E-state index in [1.54, 1.807) is 24.3 Å². The van der Waals surface area contributed by atoms with Crippen LogP contribution in [0.25, 0.3) is 45.5 Å². The Morgan fingerprint density at radius 1 is 1.03 bits per heavy atom. The van der Waals surface area contributed by atoms with Crippen LogP contribution in [0.3, 0.4) is 0 Å².